The highest BCUT2D eigenvalue weighted by Gasteiger charge is 2.39. The Bertz CT molecular complexity index is 549. The molecule has 168 valence electrons. The number of hydrogen-bond donors (Lipinski definition) is 2. The van der Waals surface area contributed by atoms with Crippen LogP contribution in [0.5, 0.6) is 0 Å². The molecule has 1 aliphatic carbocycles. The first-order valence-electron chi connectivity index (χ1n) is 11.2. The molecular weight excluding hydrogens is 368 g/mol. The van der Waals surface area contributed by atoms with Gasteiger partial charge < -0.3 is 14.9 Å². The zero-order valence-electron chi connectivity index (χ0n) is 19.1. The average Bonchev–Trinajstić information content (AvgIpc) is 2.91. The number of aliphatic hydroxyl groups excluding tert-OH is 1. The molecule has 0 amide bonds. The third-order valence-electron chi connectivity index (χ3n) is 6.32. The highest BCUT2D eigenvalue weighted by molar-refractivity contribution is 5.84. The smallest absolute Gasteiger partial charge is 0.305 e. The molecule has 1 rings (SSSR count). The monoisotopic (exact) mass is 410 g/mol. The molecule has 5 heteroatoms. The van der Waals surface area contributed by atoms with E-state index in [9.17, 15) is 19.8 Å². The number of rotatable bonds is 13. The Labute approximate surface area is 176 Å². The molecule has 0 spiro atoms. The van der Waals surface area contributed by atoms with Crippen LogP contribution in [-0.2, 0) is 14.3 Å². The van der Waals surface area contributed by atoms with Gasteiger partial charge in [-0.05, 0) is 44.4 Å². The number of hydrogen-bond acceptors (Lipinski definition) is 5. The first-order chi connectivity index (χ1) is 13.5. The van der Waals surface area contributed by atoms with Gasteiger partial charge in [-0.15, -0.1) is 0 Å². The number of carbonyl (C=O) groups excluding carboxylic acids is 2. The lowest BCUT2D eigenvalue weighted by molar-refractivity contribution is -0.141. The summed E-state index contributed by atoms with van der Waals surface area (Å²) >= 11 is 0. The number of Topliss-reactive ketones (excluding diaryl/α,β-unsaturated/α-hetero) is 1. The number of aliphatic hydroxyl groups is 2. The minimum atomic E-state index is -0.737. The lowest BCUT2D eigenvalue weighted by atomic mass is 9.80. The highest BCUT2D eigenvalue weighted by atomic mass is 16.5. The predicted molar refractivity (Wildman–Crippen MR) is 115 cm³/mol. The van der Waals surface area contributed by atoms with Gasteiger partial charge in [-0.1, -0.05) is 52.2 Å². The summed E-state index contributed by atoms with van der Waals surface area (Å²) in [5, 5.41) is 20.8. The molecule has 0 heterocycles. The van der Waals surface area contributed by atoms with E-state index >= 15 is 0 Å². The number of esters is 1. The Morgan fingerprint density at radius 2 is 1.90 bits per heavy atom. The van der Waals surface area contributed by atoms with Gasteiger partial charge in [-0.3, -0.25) is 9.59 Å². The largest absolute Gasteiger partial charge is 0.469 e. The van der Waals surface area contributed by atoms with Crippen molar-refractivity contribution in [3.63, 3.8) is 0 Å². The maximum atomic E-state index is 12.4. The van der Waals surface area contributed by atoms with Gasteiger partial charge in [0.15, 0.2) is 0 Å². The van der Waals surface area contributed by atoms with Gasteiger partial charge in [0.05, 0.1) is 18.8 Å². The summed E-state index contributed by atoms with van der Waals surface area (Å²) in [6, 6.07) is 0. The number of unbranched alkanes of at least 4 members (excludes halogenated alkanes) is 1. The summed E-state index contributed by atoms with van der Waals surface area (Å²) in [5.74, 6) is -0.370. The van der Waals surface area contributed by atoms with E-state index in [4.69, 9.17) is 4.74 Å². The van der Waals surface area contributed by atoms with Crippen LogP contribution in [0.25, 0.3) is 0 Å². The van der Waals surface area contributed by atoms with E-state index in [1.807, 2.05) is 19.1 Å². The lowest BCUT2D eigenvalue weighted by Crippen LogP contribution is -2.23. The van der Waals surface area contributed by atoms with Gasteiger partial charge in [-0.2, -0.15) is 0 Å². The zero-order valence-corrected chi connectivity index (χ0v) is 19.1. The first-order valence-corrected chi connectivity index (χ1v) is 11.2. The van der Waals surface area contributed by atoms with Gasteiger partial charge in [-0.25, -0.2) is 0 Å². The molecule has 0 bridgehead atoms. The summed E-state index contributed by atoms with van der Waals surface area (Å²) in [5.41, 5.74) is -0.725. The summed E-state index contributed by atoms with van der Waals surface area (Å²) in [4.78, 5) is 23.8. The van der Waals surface area contributed by atoms with Crippen LogP contribution in [0, 0.1) is 17.3 Å². The third kappa shape index (κ3) is 9.43. The zero-order chi connectivity index (χ0) is 22.1. The SMILES string of the molecule is CCCCC(C)(O)C/C=C/[C@H]1[C@H](O)CC(=O)[C@@H]1CCCC(C)(C)CCC(=O)OC. The van der Waals surface area contributed by atoms with Gasteiger partial charge in [0.2, 0.25) is 0 Å². The standard InChI is InChI=1S/C24H42O5/c1-6-7-14-24(4,28)15-9-11-19-18(20(25)17-21(19)26)10-8-13-23(2,3)16-12-22(27)29-5/h9,11,18-19,21,26,28H,6-8,10,12-17H2,1-5H3/b11-9+/t18-,19-,21-,24?/m1/s1. The van der Waals surface area contributed by atoms with Crippen molar-refractivity contribution in [1.82, 2.24) is 0 Å². The Balaban J connectivity index is 2.56. The summed E-state index contributed by atoms with van der Waals surface area (Å²) in [7, 11) is 1.41. The highest BCUT2D eigenvalue weighted by Crippen LogP contribution is 2.37. The van der Waals surface area contributed by atoms with Crippen LogP contribution >= 0.6 is 0 Å². The Hall–Kier alpha value is -1.20. The van der Waals surface area contributed by atoms with E-state index in [0.29, 0.717) is 12.8 Å². The normalized spacial score (nSPS) is 24.8. The van der Waals surface area contributed by atoms with Crippen LogP contribution < -0.4 is 0 Å². The van der Waals surface area contributed by atoms with Gasteiger partial charge in [0.25, 0.3) is 0 Å². The maximum absolute atomic E-state index is 12.4. The van der Waals surface area contributed by atoms with E-state index in [1.165, 1.54) is 7.11 Å². The summed E-state index contributed by atoms with van der Waals surface area (Å²) in [6.07, 6.45) is 10.5. The molecule has 1 fully saturated rings. The second-order valence-corrected chi connectivity index (χ2v) is 9.79. The van der Waals surface area contributed by atoms with Crippen molar-refractivity contribution in [2.75, 3.05) is 7.11 Å². The molecule has 0 aromatic rings. The fourth-order valence-electron chi connectivity index (χ4n) is 4.20. The average molecular weight is 411 g/mol. The van der Waals surface area contributed by atoms with Crippen LogP contribution in [0.2, 0.25) is 0 Å². The molecule has 4 atom stereocenters. The molecule has 1 unspecified atom stereocenters. The quantitative estimate of drug-likeness (QED) is 0.343. The Morgan fingerprint density at radius 3 is 2.52 bits per heavy atom. The van der Waals surface area contributed by atoms with E-state index < -0.39 is 11.7 Å². The van der Waals surface area contributed by atoms with Gasteiger partial charge in [0.1, 0.15) is 5.78 Å². The topological polar surface area (TPSA) is 83.8 Å². The molecule has 5 nitrogen and oxygen atoms in total. The van der Waals surface area contributed by atoms with Crippen LogP contribution in [-0.4, -0.2) is 40.8 Å². The van der Waals surface area contributed by atoms with Crippen molar-refractivity contribution in [1.29, 1.82) is 0 Å². The number of ketones is 1. The number of carbonyl (C=O) groups is 2. The Morgan fingerprint density at radius 1 is 1.21 bits per heavy atom. The van der Waals surface area contributed by atoms with E-state index in [0.717, 1.165) is 44.9 Å². The van der Waals surface area contributed by atoms with E-state index in [1.54, 1.807) is 0 Å². The molecular formula is C24H42O5. The molecule has 0 aromatic carbocycles. The van der Waals surface area contributed by atoms with Crippen molar-refractivity contribution in [2.45, 2.75) is 104 Å². The molecule has 2 N–H and O–H groups in total. The molecule has 1 saturated carbocycles. The fourth-order valence-corrected chi connectivity index (χ4v) is 4.20. The van der Waals surface area contributed by atoms with Crippen molar-refractivity contribution in [2.24, 2.45) is 17.3 Å². The third-order valence-corrected chi connectivity index (χ3v) is 6.32. The van der Waals surface area contributed by atoms with Gasteiger partial charge >= 0.3 is 5.97 Å². The number of methoxy groups -OCH3 is 1. The Kier molecular flexibility index (Phi) is 10.6. The molecule has 0 aliphatic heterocycles. The summed E-state index contributed by atoms with van der Waals surface area (Å²) in [6.45, 7) is 8.22. The summed E-state index contributed by atoms with van der Waals surface area (Å²) < 4.78 is 4.72. The van der Waals surface area contributed by atoms with Crippen LogP contribution in [0.1, 0.15) is 91.9 Å². The minimum absolute atomic E-state index is 0.0117. The van der Waals surface area contributed by atoms with Crippen molar-refractivity contribution in [3.05, 3.63) is 12.2 Å². The van der Waals surface area contributed by atoms with Crippen molar-refractivity contribution in [3.8, 4) is 0 Å². The van der Waals surface area contributed by atoms with E-state index in [2.05, 4.69) is 20.8 Å². The fraction of sp³-hybridized carbons (Fsp3) is 0.833. The maximum Gasteiger partial charge on any atom is 0.305 e. The molecule has 29 heavy (non-hydrogen) atoms. The van der Waals surface area contributed by atoms with Gasteiger partial charge in [0, 0.05) is 24.7 Å². The molecule has 0 saturated heterocycles. The van der Waals surface area contributed by atoms with Crippen LogP contribution in [0.15, 0.2) is 12.2 Å². The van der Waals surface area contributed by atoms with Crippen molar-refractivity contribution >= 4 is 11.8 Å². The predicted octanol–water partition coefficient (Wildman–Crippen LogP) is 4.59. The van der Waals surface area contributed by atoms with Crippen molar-refractivity contribution < 1.29 is 24.5 Å². The second kappa shape index (κ2) is 11.8. The second-order valence-electron chi connectivity index (χ2n) is 9.79. The first kappa shape index (κ1) is 25.8. The van der Waals surface area contributed by atoms with Crippen LogP contribution in [0.4, 0.5) is 0 Å². The van der Waals surface area contributed by atoms with E-state index in [-0.39, 0.29) is 35.4 Å². The lowest BCUT2D eigenvalue weighted by Gasteiger charge is -2.25. The van der Waals surface area contributed by atoms with Crippen LogP contribution in [0.3, 0.4) is 0 Å². The molecule has 0 aromatic heterocycles. The molecule has 1 aliphatic rings. The number of ether oxygens (including phenoxy) is 1. The molecule has 0 radical (unpaired) electrons. The minimum Gasteiger partial charge on any atom is -0.469 e.